The summed E-state index contributed by atoms with van der Waals surface area (Å²) in [5.41, 5.74) is 4.62. The van der Waals surface area contributed by atoms with Crippen molar-refractivity contribution in [1.29, 1.82) is 0 Å². The molecule has 0 bridgehead atoms. The van der Waals surface area contributed by atoms with Crippen LogP contribution in [0.4, 0.5) is 5.69 Å². The number of aryl methyl sites for hydroxylation is 1. The predicted molar refractivity (Wildman–Crippen MR) is 133 cm³/mol. The second kappa shape index (κ2) is 11.3. The monoisotopic (exact) mass is 449 g/mol. The topological polar surface area (TPSA) is 78.0 Å². The van der Waals surface area contributed by atoms with Gasteiger partial charge in [-0.1, -0.05) is 48.0 Å². The van der Waals surface area contributed by atoms with Crippen molar-refractivity contribution in [1.82, 2.24) is 15.5 Å². The number of benzene rings is 2. The third-order valence-corrected chi connectivity index (χ3v) is 6.34. The number of guanidine groups is 1. The molecular weight excluding hydrogens is 414 g/mol. The Bertz CT molecular complexity index is 953. The van der Waals surface area contributed by atoms with Gasteiger partial charge in [0.05, 0.1) is 25.8 Å². The Labute approximate surface area is 196 Å². The molecule has 7 nitrogen and oxygen atoms in total. The van der Waals surface area contributed by atoms with Gasteiger partial charge in [-0.15, -0.1) is 0 Å². The Kier molecular flexibility index (Phi) is 7.96. The molecule has 2 aromatic carbocycles. The summed E-state index contributed by atoms with van der Waals surface area (Å²) in [4.78, 5) is 19.6. The zero-order valence-corrected chi connectivity index (χ0v) is 19.6. The molecule has 0 radical (unpaired) electrons. The SMILES string of the molecule is CCNC(=NCC(c1ccc(C)cc1)N1CCOCC1)NCC1CC(=O)Nc2ccccc21. The van der Waals surface area contributed by atoms with Gasteiger partial charge in [0.2, 0.25) is 5.91 Å². The van der Waals surface area contributed by atoms with E-state index in [2.05, 4.69) is 65.0 Å². The summed E-state index contributed by atoms with van der Waals surface area (Å²) < 4.78 is 5.58. The van der Waals surface area contributed by atoms with Crippen LogP contribution in [0.25, 0.3) is 0 Å². The van der Waals surface area contributed by atoms with Crippen LogP contribution < -0.4 is 16.0 Å². The highest BCUT2D eigenvalue weighted by Gasteiger charge is 2.25. The number of ether oxygens (including phenoxy) is 1. The van der Waals surface area contributed by atoms with E-state index in [0.717, 1.165) is 44.5 Å². The molecule has 2 heterocycles. The summed E-state index contributed by atoms with van der Waals surface area (Å²) in [6.45, 7) is 9.60. The number of nitrogens with zero attached hydrogens (tertiary/aromatic N) is 2. The number of carbonyl (C=O) groups is 1. The summed E-state index contributed by atoms with van der Waals surface area (Å²) >= 11 is 0. The van der Waals surface area contributed by atoms with Crippen LogP contribution >= 0.6 is 0 Å². The van der Waals surface area contributed by atoms with E-state index in [0.29, 0.717) is 19.5 Å². The lowest BCUT2D eigenvalue weighted by Crippen LogP contribution is -2.43. The molecule has 7 heteroatoms. The molecule has 1 saturated heterocycles. The number of morpholine rings is 1. The molecule has 2 aliphatic rings. The lowest BCUT2D eigenvalue weighted by Gasteiger charge is -2.34. The van der Waals surface area contributed by atoms with E-state index in [9.17, 15) is 4.79 Å². The highest BCUT2D eigenvalue weighted by Crippen LogP contribution is 2.31. The molecule has 2 unspecified atom stereocenters. The summed E-state index contributed by atoms with van der Waals surface area (Å²) in [6.07, 6.45) is 0.475. The molecule has 3 N–H and O–H groups in total. The van der Waals surface area contributed by atoms with Gasteiger partial charge in [-0.05, 0) is 31.0 Å². The van der Waals surface area contributed by atoms with Crippen molar-refractivity contribution in [2.75, 3.05) is 51.3 Å². The maximum absolute atomic E-state index is 12.2. The normalized spacial score (nSPS) is 20.0. The maximum atomic E-state index is 12.2. The number of hydrogen-bond donors (Lipinski definition) is 3. The van der Waals surface area contributed by atoms with Crippen molar-refractivity contribution in [3.05, 3.63) is 65.2 Å². The molecule has 0 spiro atoms. The largest absolute Gasteiger partial charge is 0.379 e. The van der Waals surface area contributed by atoms with Crippen molar-refractivity contribution >= 4 is 17.6 Å². The first kappa shape index (κ1) is 23.3. The van der Waals surface area contributed by atoms with Gasteiger partial charge in [-0.3, -0.25) is 14.7 Å². The Morgan fingerprint density at radius 3 is 2.67 bits per heavy atom. The maximum Gasteiger partial charge on any atom is 0.225 e. The Hall–Kier alpha value is -2.90. The number of fused-ring (bicyclic) bond motifs is 1. The molecule has 0 saturated carbocycles. The molecule has 1 fully saturated rings. The number of para-hydroxylation sites is 1. The smallest absolute Gasteiger partial charge is 0.225 e. The van der Waals surface area contributed by atoms with E-state index in [1.54, 1.807) is 0 Å². The zero-order chi connectivity index (χ0) is 23.0. The van der Waals surface area contributed by atoms with Crippen LogP contribution in [0.15, 0.2) is 53.5 Å². The van der Waals surface area contributed by atoms with Gasteiger partial charge in [0.1, 0.15) is 0 Å². The van der Waals surface area contributed by atoms with Crippen molar-refractivity contribution < 1.29 is 9.53 Å². The van der Waals surface area contributed by atoms with Crippen LogP contribution in [-0.2, 0) is 9.53 Å². The van der Waals surface area contributed by atoms with Crippen LogP contribution in [0.3, 0.4) is 0 Å². The Morgan fingerprint density at radius 1 is 1.15 bits per heavy atom. The van der Waals surface area contributed by atoms with E-state index in [1.165, 1.54) is 16.7 Å². The van der Waals surface area contributed by atoms with Gasteiger partial charge in [0, 0.05) is 44.2 Å². The lowest BCUT2D eigenvalue weighted by molar-refractivity contribution is -0.116. The summed E-state index contributed by atoms with van der Waals surface area (Å²) in [5.74, 6) is 0.964. The standard InChI is InChI=1S/C26H35N5O2/c1-3-27-26(28-17-21-16-25(32)30-23-7-5-4-6-22(21)23)29-18-24(31-12-14-33-15-13-31)20-10-8-19(2)9-11-20/h4-11,21,24H,3,12-18H2,1-2H3,(H,30,32)(H2,27,28,29). The zero-order valence-electron chi connectivity index (χ0n) is 19.6. The van der Waals surface area contributed by atoms with Crippen LogP contribution in [0.5, 0.6) is 0 Å². The highest BCUT2D eigenvalue weighted by molar-refractivity contribution is 5.94. The number of carbonyl (C=O) groups excluding carboxylic acids is 1. The third kappa shape index (κ3) is 6.12. The number of nitrogens with one attached hydrogen (secondary N) is 3. The van der Waals surface area contributed by atoms with Crippen molar-refractivity contribution in [3.8, 4) is 0 Å². The van der Waals surface area contributed by atoms with E-state index < -0.39 is 0 Å². The lowest BCUT2D eigenvalue weighted by atomic mass is 9.90. The molecule has 0 aromatic heterocycles. The van der Waals surface area contributed by atoms with E-state index in [4.69, 9.17) is 9.73 Å². The van der Waals surface area contributed by atoms with Crippen LogP contribution in [-0.4, -0.2) is 62.7 Å². The van der Waals surface area contributed by atoms with Gasteiger partial charge in [-0.25, -0.2) is 0 Å². The minimum absolute atomic E-state index is 0.0641. The Morgan fingerprint density at radius 2 is 1.91 bits per heavy atom. The first-order valence-electron chi connectivity index (χ1n) is 11.9. The van der Waals surface area contributed by atoms with Gasteiger partial charge in [-0.2, -0.15) is 0 Å². The van der Waals surface area contributed by atoms with E-state index >= 15 is 0 Å². The third-order valence-electron chi connectivity index (χ3n) is 6.34. The Balaban J connectivity index is 1.47. The van der Waals surface area contributed by atoms with Gasteiger partial charge >= 0.3 is 0 Å². The van der Waals surface area contributed by atoms with Crippen molar-refractivity contribution in [2.45, 2.75) is 32.2 Å². The van der Waals surface area contributed by atoms with Crippen LogP contribution in [0.1, 0.15) is 42.0 Å². The molecule has 2 aliphatic heterocycles. The number of aliphatic imine (C=N–C) groups is 1. The second-order valence-electron chi connectivity index (χ2n) is 8.71. The minimum Gasteiger partial charge on any atom is -0.379 e. The summed E-state index contributed by atoms with van der Waals surface area (Å²) in [5, 5.41) is 9.83. The first-order chi connectivity index (χ1) is 16.1. The molecule has 176 valence electrons. The molecular formula is C26H35N5O2. The highest BCUT2D eigenvalue weighted by atomic mass is 16.5. The second-order valence-corrected chi connectivity index (χ2v) is 8.71. The average Bonchev–Trinajstić information content (AvgIpc) is 2.84. The summed E-state index contributed by atoms with van der Waals surface area (Å²) in [6, 6.07) is 17.0. The molecule has 33 heavy (non-hydrogen) atoms. The fourth-order valence-corrected chi connectivity index (χ4v) is 4.53. The number of hydrogen-bond acceptors (Lipinski definition) is 4. The van der Waals surface area contributed by atoms with Crippen LogP contribution in [0, 0.1) is 6.92 Å². The van der Waals surface area contributed by atoms with E-state index in [-0.39, 0.29) is 17.9 Å². The predicted octanol–water partition coefficient (Wildman–Crippen LogP) is 3.05. The molecule has 1 amide bonds. The first-order valence-corrected chi connectivity index (χ1v) is 11.9. The van der Waals surface area contributed by atoms with Crippen LogP contribution in [0.2, 0.25) is 0 Å². The molecule has 0 aliphatic carbocycles. The van der Waals surface area contributed by atoms with Gasteiger partial charge in [0.25, 0.3) is 0 Å². The number of anilines is 1. The average molecular weight is 450 g/mol. The summed E-state index contributed by atoms with van der Waals surface area (Å²) in [7, 11) is 0. The molecule has 2 atom stereocenters. The minimum atomic E-state index is 0.0641. The fourth-order valence-electron chi connectivity index (χ4n) is 4.53. The van der Waals surface area contributed by atoms with Gasteiger partial charge in [0.15, 0.2) is 5.96 Å². The van der Waals surface area contributed by atoms with Crippen molar-refractivity contribution in [2.24, 2.45) is 4.99 Å². The number of amides is 1. The van der Waals surface area contributed by atoms with Gasteiger partial charge < -0.3 is 20.7 Å². The number of rotatable bonds is 7. The fraction of sp³-hybridized carbons (Fsp3) is 0.462. The quantitative estimate of drug-likeness (QED) is 0.447. The molecule has 2 aromatic rings. The van der Waals surface area contributed by atoms with Crippen molar-refractivity contribution in [3.63, 3.8) is 0 Å². The molecule has 4 rings (SSSR count). The van der Waals surface area contributed by atoms with E-state index in [1.807, 2.05) is 18.2 Å².